The highest BCUT2D eigenvalue weighted by Gasteiger charge is 2.36. The Balaban J connectivity index is 1.74. The number of benzene rings is 1. The summed E-state index contributed by atoms with van der Waals surface area (Å²) in [6, 6.07) is 9.82. The zero-order chi connectivity index (χ0) is 25.2. The van der Waals surface area contributed by atoms with Crippen LogP contribution in [-0.4, -0.2) is 32.9 Å². The molecule has 0 bridgehead atoms. The predicted molar refractivity (Wildman–Crippen MR) is 140 cm³/mol. The summed E-state index contributed by atoms with van der Waals surface area (Å²) in [6.45, 7) is 7.81. The third-order valence-corrected chi connectivity index (χ3v) is 6.50. The van der Waals surface area contributed by atoms with Crippen molar-refractivity contribution in [2.75, 3.05) is 18.0 Å². The Labute approximate surface area is 206 Å². The number of aromatic nitrogens is 3. The van der Waals surface area contributed by atoms with E-state index in [0.29, 0.717) is 40.5 Å². The molecule has 3 aromatic rings. The zero-order valence-corrected chi connectivity index (χ0v) is 21.3. The normalized spacial score (nSPS) is 17.9. The second-order valence-electron chi connectivity index (χ2n) is 9.48. The molecule has 2 heterocycles. The lowest BCUT2D eigenvalue weighted by Gasteiger charge is -2.28. The maximum Gasteiger partial charge on any atom is 0.264 e. The van der Waals surface area contributed by atoms with Crippen LogP contribution in [0.4, 0.5) is 10.3 Å². The quantitative estimate of drug-likeness (QED) is 0.407. The molecule has 7 heteroatoms. The van der Waals surface area contributed by atoms with Gasteiger partial charge < -0.3 is 14.2 Å². The van der Waals surface area contributed by atoms with E-state index in [4.69, 9.17) is 9.72 Å². The van der Waals surface area contributed by atoms with E-state index in [1.54, 1.807) is 24.6 Å². The second-order valence-corrected chi connectivity index (χ2v) is 9.48. The first-order chi connectivity index (χ1) is 16.8. The van der Waals surface area contributed by atoms with Crippen LogP contribution in [0.25, 0.3) is 16.6 Å². The summed E-state index contributed by atoms with van der Waals surface area (Å²) in [4.78, 5) is 20.6. The number of nitrogens with zero attached hydrogens (tertiary/aromatic N) is 4. The van der Waals surface area contributed by atoms with Crippen LogP contribution in [0, 0.1) is 0 Å². The fraction of sp³-hybridized carbons (Fsp3) is 0.429. The maximum absolute atomic E-state index is 16.0. The minimum Gasteiger partial charge on any atom is -0.493 e. The van der Waals surface area contributed by atoms with Gasteiger partial charge in [-0.15, -0.1) is 0 Å². The largest absolute Gasteiger partial charge is 0.493 e. The smallest absolute Gasteiger partial charge is 0.264 e. The van der Waals surface area contributed by atoms with Crippen LogP contribution < -0.4 is 10.5 Å². The molecule has 186 valence electrons. The maximum atomic E-state index is 16.0. The Kier molecular flexibility index (Phi) is 7.15. The second kappa shape index (κ2) is 10.1. The molecule has 1 unspecified atom stereocenters. The lowest BCUT2D eigenvalue weighted by molar-refractivity contribution is 0.151. The number of hydrogen-bond acceptors (Lipinski definition) is 4. The number of anilines is 1. The number of alkyl halides is 1. The summed E-state index contributed by atoms with van der Waals surface area (Å²) in [5.41, 5.74) is 0.814. The molecule has 6 nitrogen and oxygen atoms in total. The van der Waals surface area contributed by atoms with Gasteiger partial charge in [0, 0.05) is 45.4 Å². The fourth-order valence-electron chi connectivity index (χ4n) is 4.78. The monoisotopic (exact) mass is 478 g/mol. The van der Waals surface area contributed by atoms with Crippen molar-refractivity contribution >= 4 is 22.6 Å². The molecule has 0 radical (unpaired) electrons. The van der Waals surface area contributed by atoms with Crippen LogP contribution in [0.3, 0.4) is 0 Å². The van der Waals surface area contributed by atoms with E-state index in [0.717, 1.165) is 31.5 Å². The minimum absolute atomic E-state index is 0.106. The van der Waals surface area contributed by atoms with E-state index in [9.17, 15) is 4.79 Å². The number of fused-ring (bicyclic) bond motifs is 1. The first kappa shape index (κ1) is 24.8. The third kappa shape index (κ3) is 4.90. The highest BCUT2D eigenvalue weighted by Crippen LogP contribution is 2.41. The van der Waals surface area contributed by atoms with Gasteiger partial charge in [0.05, 0.1) is 11.1 Å². The first-order valence-corrected chi connectivity index (χ1v) is 12.3. The van der Waals surface area contributed by atoms with Crippen LogP contribution in [0.15, 0.2) is 59.2 Å². The Morgan fingerprint density at radius 2 is 1.80 bits per heavy atom. The summed E-state index contributed by atoms with van der Waals surface area (Å²) in [5.74, 6) is 1.24. The molecule has 35 heavy (non-hydrogen) atoms. The highest BCUT2D eigenvalue weighted by atomic mass is 19.1. The van der Waals surface area contributed by atoms with Crippen molar-refractivity contribution in [1.82, 2.24) is 14.1 Å². The van der Waals surface area contributed by atoms with Crippen molar-refractivity contribution in [3.05, 3.63) is 75.9 Å². The lowest BCUT2D eigenvalue weighted by atomic mass is 9.84. The summed E-state index contributed by atoms with van der Waals surface area (Å²) in [7, 11) is 3.60. The van der Waals surface area contributed by atoms with Crippen LogP contribution in [0.5, 0.6) is 0 Å². The molecule has 2 aromatic heterocycles. The molecule has 0 fully saturated rings. The van der Waals surface area contributed by atoms with E-state index < -0.39 is 5.67 Å². The van der Waals surface area contributed by atoms with Gasteiger partial charge in [-0.1, -0.05) is 50.3 Å². The Hall–Kier alpha value is -3.35. The first-order valence-electron chi connectivity index (χ1n) is 12.3. The SMILES string of the molecule is CCCN(CCC)c1nc2c(c(C3=CC=C(OCc4ccccc4)CC3(C)F)cn2C)c(=O)n1C. The standard InChI is InChI=1S/C28H35FN4O2/c1-6-15-33(16-7-2)27-30-25-24(26(34)32(27)5)22(18-31(25)4)23-14-13-21(17-28(23,3)29)35-19-20-11-9-8-10-12-20/h8-14,18H,6-7,15-17,19H2,1-5H3. The van der Waals surface area contributed by atoms with E-state index in [1.165, 1.54) is 0 Å². The van der Waals surface area contributed by atoms with Gasteiger partial charge in [-0.25, -0.2) is 4.39 Å². The average molecular weight is 479 g/mol. The molecule has 4 rings (SSSR count). The van der Waals surface area contributed by atoms with Crippen LogP contribution >= 0.6 is 0 Å². The number of allylic oxidation sites excluding steroid dienone is 4. The molecule has 1 atom stereocenters. The molecule has 0 saturated heterocycles. The number of halogens is 1. The molecule has 1 aliphatic carbocycles. The van der Waals surface area contributed by atoms with Crippen LogP contribution in [0.1, 0.15) is 51.2 Å². The van der Waals surface area contributed by atoms with E-state index in [-0.39, 0.29) is 12.0 Å². The predicted octanol–water partition coefficient (Wildman–Crippen LogP) is 5.51. The van der Waals surface area contributed by atoms with Crippen molar-refractivity contribution in [2.45, 2.75) is 52.3 Å². The molecular weight excluding hydrogens is 443 g/mol. The van der Waals surface area contributed by atoms with Crippen molar-refractivity contribution in [3.63, 3.8) is 0 Å². The van der Waals surface area contributed by atoms with Gasteiger partial charge in [0.1, 0.15) is 17.9 Å². The van der Waals surface area contributed by atoms with Gasteiger partial charge in [0.25, 0.3) is 5.56 Å². The van der Waals surface area contributed by atoms with Crippen molar-refractivity contribution in [3.8, 4) is 0 Å². The van der Waals surface area contributed by atoms with Crippen molar-refractivity contribution in [2.24, 2.45) is 14.1 Å². The molecule has 0 saturated carbocycles. The Morgan fingerprint density at radius 3 is 2.43 bits per heavy atom. The molecule has 0 amide bonds. The Morgan fingerprint density at radius 1 is 1.11 bits per heavy atom. The molecule has 1 aliphatic rings. The van der Waals surface area contributed by atoms with Gasteiger partial charge in [0.2, 0.25) is 5.95 Å². The van der Waals surface area contributed by atoms with E-state index >= 15 is 4.39 Å². The van der Waals surface area contributed by atoms with Crippen molar-refractivity contribution in [1.29, 1.82) is 0 Å². The lowest BCUT2D eigenvalue weighted by Crippen LogP contribution is -2.33. The number of aryl methyl sites for hydroxylation is 1. The summed E-state index contributed by atoms with van der Waals surface area (Å²) < 4.78 is 25.4. The number of rotatable bonds is 9. The third-order valence-electron chi connectivity index (χ3n) is 6.50. The zero-order valence-electron chi connectivity index (χ0n) is 21.3. The molecular formula is C28H35FN4O2. The number of ether oxygens (including phenoxy) is 1. The molecule has 1 aromatic carbocycles. The average Bonchev–Trinajstić information content (AvgIpc) is 3.16. The Bertz CT molecular complexity index is 1310. The van der Waals surface area contributed by atoms with Gasteiger partial charge in [-0.2, -0.15) is 4.98 Å². The molecule has 0 spiro atoms. The van der Waals surface area contributed by atoms with Gasteiger partial charge in [-0.3, -0.25) is 9.36 Å². The summed E-state index contributed by atoms with van der Waals surface area (Å²) in [6.07, 6.45) is 7.40. The van der Waals surface area contributed by atoms with Crippen LogP contribution in [0.2, 0.25) is 0 Å². The minimum atomic E-state index is -1.69. The topological polar surface area (TPSA) is 52.3 Å². The highest BCUT2D eigenvalue weighted by molar-refractivity contribution is 5.93. The molecule has 0 N–H and O–H groups in total. The van der Waals surface area contributed by atoms with Gasteiger partial charge in [0.15, 0.2) is 0 Å². The number of hydrogen-bond donors (Lipinski definition) is 0. The summed E-state index contributed by atoms with van der Waals surface area (Å²) >= 11 is 0. The van der Waals surface area contributed by atoms with Gasteiger partial charge in [-0.05, 0) is 37.0 Å². The summed E-state index contributed by atoms with van der Waals surface area (Å²) in [5, 5.41) is 0.448. The fourth-order valence-corrected chi connectivity index (χ4v) is 4.78. The van der Waals surface area contributed by atoms with E-state index in [2.05, 4.69) is 18.7 Å². The molecule has 0 aliphatic heterocycles. The van der Waals surface area contributed by atoms with Crippen molar-refractivity contribution < 1.29 is 9.13 Å². The van der Waals surface area contributed by atoms with E-state index in [1.807, 2.05) is 54.2 Å². The van der Waals surface area contributed by atoms with Gasteiger partial charge >= 0.3 is 0 Å². The van der Waals surface area contributed by atoms with Crippen LogP contribution in [-0.2, 0) is 25.4 Å².